The second-order valence-corrected chi connectivity index (χ2v) is 7.51. The summed E-state index contributed by atoms with van der Waals surface area (Å²) < 4.78 is 27.2. The zero-order valence-electron chi connectivity index (χ0n) is 9.71. The first-order chi connectivity index (χ1) is 8.78. The molecule has 1 aromatic rings. The normalized spacial score (nSPS) is 11.3. The molecule has 0 aliphatic heterocycles. The van der Waals surface area contributed by atoms with E-state index in [0.717, 1.165) is 0 Å². The molecule has 0 aliphatic rings. The molecule has 0 unspecified atom stereocenters. The molecule has 19 heavy (non-hydrogen) atoms. The third-order valence-corrected chi connectivity index (χ3v) is 3.82. The molecule has 0 aromatic heterocycles. The Bertz CT molecular complexity index is 563. The minimum Gasteiger partial charge on any atom is -0.493 e. The van der Waals surface area contributed by atoms with Crippen LogP contribution < -0.4 is 4.74 Å². The number of nitrogens with zero attached hydrogens (tertiary/aromatic N) is 1. The highest BCUT2D eigenvalue weighted by Crippen LogP contribution is 2.26. The van der Waals surface area contributed by atoms with Gasteiger partial charge in [0, 0.05) is 21.2 Å². The molecule has 0 bridgehead atoms. The van der Waals surface area contributed by atoms with Gasteiger partial charge in [-0.1, -0.05) is 15.9 Å². The molecule has 0 heterocycles. The molecule has 9 heteroatoms. The van der Waals surface area contributed by atoms with Crippen LogP contribution in [0.1, 0.15) is 12.8 Å². The van der Waals surface area contributed by atoms with Crippen molar-refractivity contribution < 1.29 is 18.1 Å². The fourth-order valence-corrected chi connectivity index (χ4v) is 2.64. The van der Waals surface area contributed by atoms with Crippen LogP contribution in [0.5, 0.6) is 5.75 Å². The third kappa shape index (κ3) is 6.74. The van der Waals surface area contributed by atoms with Crippen LogP contribution in [-0.4, -0.2) is 25.7 Å². The maximum atomic E-state index is 10.7. The van der Waals surface area contributed by atoms with Crippen molar-refractivity contribution in [3.8, 4) is 5.75 Å². The molecule has 0 spiro atoms. The summed E-state index contributed by atoms with van der Waals surface area (Å²) in [6, 6.07) is 4.28. The quantitative estimate of drug-likeness (QED) is 0.318. The first-order valence-electron chi connectivity index (χ1n) is 5.28. The van der Waals surface area contributed by atoms with Gasteiger partial charge in [0.25, 0.3) is 5.69 Å². The van der Waals surface area contributed by atoms with Crippen molar-refractivity contribution in [3.63, 3.8) is 0 Å². The van der Waals surface area contributed by atoms with Gasteiger partial charge in [-0.05, 0) is 18.9 Å². The van der Waals surface area contributed by atoms with E-state index in [2.05, 4.69) is 15.9 Å². The maximum absolute atomic E-state index is 10.7. The summed E-state index contributed by atoms with van der Waals surface area (Å²) in [5, 5.41) is 10.6. The van der Waals surface area contributed by atoms with E-state index in [4.69, 9.17) is 15.4 Å². The van der Waals surface area contributed by atoms with E-state index in [1.807, 2.05) is 0 Å². The standard InChI is InChI=1S/C10H11BrClNO5S/c11-8-5-9(13(14)15)7-10(6-8)18-3-1-2-4-19(12,16)17/h5-7H,1-4H2. The Morgan fingerprint density at radius 2 is 2.00 bits per heavy atom. The van der Waals surface area contributed by atoms with Crippen LogP contribution in [0.15, 0.2) is 22.7 Å². The average Bonchev–Trinajstić information content (AvgIpc) is 2.26. The third-order valence-electron chi connectivity index (χ3n) is 2.12. The van der Waals surface area contributed by atoms with E-state index < -0.39 is 14.0 Å². The lowest BCUT2D eigenvalue weighted by atomic mass is 10.3. The van der Waals surface area contributed by atoms with Crippen LogP contribution in [0.3, 0.4) is 0 Å². The molecule has 0 radical (unpaired) electrons. The molecule has 0 aliphatic carbocycles. The number of hydrogen-bond acceptors (Lipinski definition) is 5. The van der Waals surface area contributed by atoms with Crippen molar-refractivity contribution in [2.45, 2.75) is 12.8 Å². The Morgan fingerprint density at radius 3 is 2.58 bits per heavy atom. The predicted molar refractivity (Wildman–Crippen MR) is 75.2 cm³/mol. The first-order valence-corrected chi connectivity index (χ1v) is 8.55. The van der Waals surface area contributed by atoms with E-state index >= 15 is 0 Å². The lowest BCUT2D eigenvalue weighted by Gasteiger charge is -2.06. The van der Waals surface area contributed by atoms with Crippen molar-refractivity contribution in [3.05, 3.63) is 32.8 Å². The number of nitro benzene ring substituents is 1. The monoisotopic (exact) mass is 371 g/mol. The van der Waals surface area contributed by atoms with Gasteiger partial charge in [0.2, 0.25) is 9.05 Å². The van der Waals surface area contributed by atoms with Crippen LogP contribution in [0.2, 0.25) is 0 Å². The largest absolute Gasteiger partial charge is 0.493 e. The first kappa shape index (κ1) is 16.2. The Labute approximate surface area is 123 Å². The number of unbranched alkanes of at least 4 members (excludes halogenated alkanes) is 1. The van der Waals surface area contributed by atoms with Crippen molar-refractivity contribution in [2.75, 3.05) is 12.4 Å². The average molecular weight is 373 g/mol. The Kier molecular flexibility index (Phi) is 6.02. The number of non-ortho nitro benzene ring substituents is 1. The molecule has 1 aromatic carbocycles. The van der Waals surface area contributed by atoms with Crippen molar-refractivity contribution in [1.82, 2.24) is 0 Å². The van der Waals surface area contributed by atoms with Crippen LogP contribution >= 0.6 is 26.6 Å². The summed E-state index contributed by atoms with van der Waals surface area (Å²) >= 11 is 3.15. The zero-order valence-corrected chi connectivity index (χ0v) is 12.9. The predicted octanol–water partition coefficient (Wildman–Crippen LogP) is 3.08. The second kappa shape index (κ2) is 7.06. The number of halogens is 2. The fraction of sp³-hybridized carbons (Fsp3) is 0.400. The topological polar surface area (TPSA) is 86.5 Å². The van der Waals surface area contributed by atoms with Gasteiger partial charge in [-0.3, -0.25) is 10.1 Å². The molecular formula is C10H11BrClNO5S. The highest BCUT2D eigenvalue weighted by Gasteiger charge is 2.09. The summed E-state index contributed by atoms with van der Waals surface area (Å²) in [6.45, 7) is 0.264. The second-order valence-electron chi connectivity index (χ2n) is 3.70. The summed E-state index contributed by atoms with van der Waals surface area (Å²) in [6.07, 6.45) is 0.869. The number of rotatable bonds is 7. The molecule has 106 valence electrons. The van der Waals surface area contributed by atoms with E-state index in [0.29, 0.717) is 23.1 Å². The van der Waals surface area contributed by atoms with Gasteiger partial charge in [0.1, 0.15) is 5.75 Å². The molecule has 0 saturated carbocycles. The maximum Gasteiger partial charge on any atom is 0.274 e. The summed E-state index contributed by atoms with van der Waals surface area (Å²) in [5.41, 5.74) is -0.0762. The number of ether oxygens (including phenoxy) is 1. The van der Waals surface area contributed by atoms with Crippen molar-refractivity contribution in [2.24, 2.45) is 0 Å². The molecule has 0 atom stereocenters. The highest BCUT2D eigenvalue weighted by molar-refractivity contribution is 9.10. The molecule has 0 fully saturated rings. The van der Waals surface area contributed by atoms with Crippen LogP contribution in [-0.2, 0) is 9.05 Å². The lowest BCUT2D eigenvalue weighted by Crippen LogP contribution is -2.02. The smallest absolute Gasteiger partial charge is 0.274 e. The number of nitro groups is 1. The van der Waals surface area contributed by atoms with Crippen LogP contribution in [0, 0.1) is 10.1 Å². The molecule has 0 amide bonds. The van der Waals surface area contributed by atoms with Gasteiger partial charge in [-0.2, -0.15) is 0 Å². The minimum atomic E-state index is -3.47. The summed E-state index contributed by atoms with van der Waals surface area (Å²) in [4.78, 5) is 10.1. The molecule has 6 nitrogen and oxygen atoms in total. The molecule has 0 saturated heterocycles. The molecular weight excluding hydrogens is 362 g/mol. The summed E-state index contributed by atoms with van der Waals surface area (Å²) in [5.74, 6) is 0.242. The SMILES string of the molecule is O=[N+]([O-])c1cc(Br)cc(OCCCCS(=O)(=O)Cl)c1. The molecule has 1 rings (SSSR count). The highest BCUT2D eigenvalue weighted by atomic mass is 79.9. The van der Waals surface area contributed by atoms with Crippen molar-refractivity contribution in [1.29, 1.82) is 0 Å². The lowest BCUT2D eigenvalue weighted by molar-refractivity contribution is -0.385. The van der Waals surface area contributed by atoms with Gasteiger partial charge in [0.15, 0.2) is 0 Å². The molecule has 0 N–H and O–H groups in total. The number of benzene rings is 1. The van der Waals surface area contributed by atoms with Gasteiger partial charge in [0.05, 0.1) is 23.3 Å². The summed E-state index contributed by atoms with van der Waals surface area (Å²) in [7, 11) is 1.58. The van der Waals surface area contributed by atoms with E-state index in [1.165, 1.54) is 12.1 Å². The Balaban J connectivity index is 2.47. The van der Waals surface area contributed by atoms with Gasteiger partial charge in [-0.25, -0.2) is 8.42 Å². The van der Waals surface area contributed by atoms with Crippen molar-refractivity contribution >= 4 is 41.4 Å². The Morgan fingerprint density at radius 1 is 1.32 bits per heavy atom. The van der Waals surface area contributed by atoms with Gasteiger partial charge < -0.3 is 4.74 Å². The van der Waals surface area contributed by atoms with E-state index in [1.54, 1.807) is 6.07 Å². The van der Waals surface area contributed by atoms with E-state index in [-0.39, 0.29) is 18.0 Å². The minimum absolute atomic E-state index is 0.0762. The van der Waals surface area contributed by atoms with Gasteiger partial charge in [-0.15, -0.1) is 0 Å². The fourth-order valence-electron chi connectivity index (χ4n) is 1.30. The van der Waals surface area contributed by atoms with Crippen LogP contribution in [0.4, 0.5) is 5.69 Å². The van der Waals surface area contributed by atoms with Crippen LogP contribution in [0.25, 0.3) is 0 Å². The van der Waals surface area contributed by atoms with Gasteiger partial charge >= 0.3 is 0 Å². The Hall–Kier alpha value is -0.860. The van der Waals surface area contributed by atoms with E-state index in [9.17, 15) is 18.5 Å². The number of hydrogen-bond donors (Lipinski definition) is 0. The zero-order chi connectivity index (χ0) is 14.5.